The molecule has 2 amide bonds. The van der Waals surface area contributed by atoms with Crippen LogP contribution in [0.1, 0.15) is 60.5 Å². The van der Waals surface area contributed by atoms with Gasteiger partial charge in [-0.1, -0.05) is 62.2 Å². The minimum Gasteiger partial charge on any atom is -0.341 e. The van der Waals surface area contributed by atoms with E-state index in [0.29, 0.717) is 12.0 Å². The lowest BCUT2D eigenvalue weighted by Crippen LogP contribution is -2.49. The third-order valence-electron chi connectivity index (χ3n) is 5.59. The Morgan fingerprint density at radius 2 is 1.62 bits per heavy atom. The first-order valence-electron chi connectivity index (χ1n) is 10.9. The molecule has 0 aliphatic carbocycles. The maximum Gasteiger partial charge on any atom is 0.251 e. The molecule has 4 nitrogen and oxygen atoms in total. The predicted octanol–water partition coefficient (Wildman–Crippen LogP) is 4.38. The van der Waals surface area contributed by atoms with Gasteiger partial charge in [-0.3, -0.25) is 9.59 Å². The zero-order chi connectivity index (χ0) is 20.5. The quantitative estimate of drug-likeness (QED) is 0.644. The fourth-order valence-electron chi connectivity index (χ4n) is 3.85. The molecule has 0 aromatic heterocycles. The zero-order valence-electron chi connectivity index (χ0n) is 17.4. The second kappa shape index (κ2) is 10.8. The minimum atomic E-state index is -0.535. The molecule has 1 aliphatic heterocycles. The van der Waals surface area contributed by atoms with Crippen LogP contribution in [-0.2, 0) is 17.6 Å². The van der Waals surface area contributed by atoms with Gasteiger partial charge >= 0.3 is 0 Å². The van der Waals surface area contributed by atoms with Gasteiger partial charge in [0, 0.05) is 25.1 Å². The number of carbonyl (C=O) groups is 2. The molecule has 3 rings (SSSR count). The Kier molecular flexibility index (Phi) is 7.85. The summed E-state index contributed by atoms with van der Waals surface area (Å²) in [6.45, 7) is 3.77. The van der Waals surface area contributed by atoms with Gasteiger partial charge in [-0.15, -0.1) is 0 Å². The summed E-state index contributed by atoms with van der Waals surface area (Å²) in [6.07, 6.45) is 7.23. The summed E-state index contributed by atoms with van der Waals surface area (Å²) in [5, 5.41) is 3.00. The van der Waals surface area contributed by atoms with Crippen molar-refractivity contribution in [1.29, 1.82) is 0 Å². The number of unbranched alkanes of at least 4 members (excludes halogenated alkanes) is 2. The first kappa shape index (κ1) is 21.1. The number of rotatable bonds is 9. The van der Waals surface area contributed by atoms with E-state index in [9.17, 15) is 9.59 Å². The summed E-state index contributed by atoms with van der Waals surface area (Å²) in [5.41, 5.74) is 2.91. The summed E-state index contributed by atoms with van der Waals surface area (Å²) in [7, 11) is 0. The van der Waals surface area contributed by atoms with E-state index < -0.39 is 6.04 Å². The Hall–Kier alpha value is -2.62. The number of carbonyl (C=O) groups excluding carboxylic acids is 2. The number of aryl methyl sites for hydroxylation is 1. The van der Waals surface area contributed by atoms with Crippen molar-refractivity contribution >= 4 is 11.8 Å². The summed E-state index contributed by atoms with van der Waals surface area (Å²) < 4.78 is 0. The fourth-order valence-corrected chi connectivity index (χ4v) is 3.85. The molecule has 0 radical (unpaired) electrons. The molecule has 1 aliphatic rings. The third-order valence-corrected chi connectivity index (χ3v) is 5.59. The lowest BCUT2D eigenvalue weighted by molar-refractivity contribution is -0.132. The molecule has 4 heteroatoms. The van der Waals surface area contributed by atoms with Crippen molar-refractivity contribution in [2.75, 3.05) is 13.1 Å². The molecular formula is C25H32N2O2. The van der Waals surface area contributed by atoms with Gasteiger partial charge < -0.3 is 10.2 Å². The van der Waals surface area contributed by atoms with Crippen LogP contribution in [0.3, 0.4) is 0 Å². The monoisotopic (exact) mass is 392 g/mol. The smallest absolute Gasteiger partial charge is 0.251 e. The average molecular weight is 393 g/mol. The van der Waals surface area contributed by atoms with Gasteiger partial charge in [0.2, 0.25) is 5.91 Å². The molecular weight excluding hydrogens is 360 g/mol. The molecule has 2 aromatic rings. The van der Waals surface area contributed by atoms with E-state index in [0.717, 1.165) is 37.9 Å². The van der Waals surface area contributed by atoms with Crippen molar-refractivity contribution in [3.05, 3.63) is 71.3 Å². The van der Waals surface area contributed by atoms with Crippen LogP contribution in [0.25, 0.3) is 0 Å². The second-order valence-corrected chi connectivity index (χ2v) is 7.90. The number of likely N-dealkylation sites (tertiary alicyclic amines) is 1. The van der Waals surface area contributed by atoms with Gasteiger partial charge in [-0.05, 0) is 48.9 Å². The molecule has 0 saturated carbocycles. The van der Waals surface area contributed by atoms with E-state index in [2.05, 4.69) is 12.2 Å². The van der Waals surface area contributed by atoms with Crippen LogP contribution in [0.2, 0.25) is 0 Å². The first-order chi connectivity index (χ1) is 14.2. The Balaban J connectivity index is 1.67. The van der Waals surface area contributed by atoms with E-state index in [1.165, 1.54) is 24.8 Å². The highest BCUT2D eigenvalue weighted by Crippen LogP contribution is 2.14. The van der Waals surface area contributed by atoms with E-state index >= 15 is 0 Å². The number of hydrogen-bond donors (Lipinski definition) is 1. The zero-order valence-corrected chi connectivity index (χ0v) is 17.4. The average Bonchev–Trinajstić information content (AvgIpc) is 3.29. The Morgan fingerprint density at radius 1 is 0.931 bits per heavy atom. The fraction of sp³-hybridized carbons (Fsp3) is 0.440. The van der Waals surface area contributed by atoms with Gasteiger partial charge in [0.05, 0.1) is 0 Å². The molecule has 2 aromatic carbocycles. The lowest BCUT2D eigenvalue weighted by atomic mass is 10.0. The van der Waals surface area contributed by atoms with Crippen molar-refractivity contribution in [1.82, 2.24) is 10.2 Å². The highest BCUT2D eigenvalue weighted by Gasteiger charge is 2.28. The lowest BCUT2D eigenvalue weighted by Gasteiger charge is -2.24. The Labute approximate surface area is 174 Å². The van der Waals surface area contributed by atoms with Gasteiger partial charge in [-0.25, -0.2) is 0 Å². The number of benzene rings is 2. The molecule has 1 saturated heterocycles. The van der Waals surface area contributed by atoms with E-state index in [1.807, 2.05) is 59.5 Å². The number of nitrogens with zero attached hydrogens (tertiary/aromatic N) is 1. The molecule has 1 heterocycles. The molecule has 1 fully saturated rings. The van der Waals surface area contributed by atoms with Crippen LogP contribution in [0, 0.1) is 0 Å². The summed E-state index contributed by atoms with van der Waals surface area (Å²) in [5.74, 6) is -0.158. The van der Waals surface area contributed by atoms with Crippen LogP contribution < -0.4 is 5.32 Å². The van der Waals surface area contributed by atoms with Crippen molar-refractivity contribution in [3.63, 3.8) is 0 Å². The molecule has 154 valence electrons. The van der Waals surface area contributed by atoms with Crippen molar-refractivity contribution in [3.8, 4) is 0 Å². The summed E-state index contributed by atoms with van der Waals surface area (Å²) >= 11 is 0. The van der Waals surface area contributed by atoms with Crippen molar-refractivity contribution < 1.29 is 9.59 Å². The SMILES string of the molecule is CCCCCc1ccc(C(=O)NC(Cc2ccccc2)C(=O)N2CCCC2)cc1. The van der Waals surface area contributed by atoms with E-state index in [4.69, 9.17) is 0 Å². The van der Waals surface area contributed by atoms with Crippen molar-refractivity contribution in [2.24, 2.45) is 0 Å². The molecule has 29 heavy (non-hydrogen) atoms. The maximum atomic E-state index is 13.0. The summed E-state index contributed by atoms with van der Waals surface area (Å²) in [4.78, 5) is 27.8. The van der Waals surface area contributed by atoms with E-state index in [-0.39, 0.29) is 11.8 Å². The first-order valence-corrected chi connectivity index (χ1v) is 10.9. The molecule has 0 spiro atoms. The van der Waals surface area contributed by atoms with Gasteiger partial charge in [0.1, 0.15) is 6.04 Å². The Bertz CT molecular complexity index is 780. The van der Waals surface area contributed by atoms with Crippen LogP contribution in [0.4, 0.5) is 0 Å². The minimum absolute atomic E-state index is 0.0240. The van der Waals surface area contributed by atoms with Gasteiger partial charge in [0.15, 0.2) is 0 Å². The predicted molar refractivity (Wildman–Crippen MR) is 117 cm³/mol. The number of hydrogen-bond acceptors (Lipinski definition) is 2. The van der Waals surface area contributed by atoms with Crippen LogP contribution in [0.5, 0.6) is 0 Å². The van der Waals surface area contributed by atoms with Crippen LogP contribution in [-0.4, -0.2) is 35.8 Å². The Morgan fingerprint density at radius 3 is 2.28 bits per heavy atom. The van der Waals surface area contributed by atoms with Gasteiger partial charge in [0.25, 0.3) is 5.91 Å². The summed E-state index contributed by atoms with van der Waals surface area (Å²) in [6, 6.07) is 17.2. The normalized spacial score (nSPS) is 14.6. The van der Waals surface area contributed by atoms with Gasteiger partial charge in [-0.2, -0.15) is 0 Å². The highest BCUT2D eigenvalue weighted by atomic mass is 16.2. The maximum absolute atomic E-state index is 13.0. The topological polar surface area (TPSA) is 49.4 Å². The van der Waals surface area contributed by atoms with Crippen molar-refractivity contribution in [2.45, 2.75) is 57.9 Å². The number of amides is 2. The highest BCUT2D eigenvalue weighted by molar-refractivity contribution is 5.97. The molecule has 0 bridgehead atoms. The molecule has 1 unspecified atom stereocenters. The van der Waals surface area contributed by atoms with Crippen LogP contribution >= 0.6 is 0 Å². The molecule has 1 N–H and O–H groups in total. The number of nitrogens with one attached hydrogen (secondary N) is 1. The third kappa shape index (κ3) is 6.18. The van der Waals surface area contributed by atoms with E-state index in [1.54, 1.807) is 0 Å². The second-order valence-electron chi connectivity index (χ2n) is 7.90. The molecule has 1 atom stereocenters. The van der Waals surface area contributed by atoms with Crippen LogP contribution in [0.15, 0.2) is 54.6 Å². The largest absolute Gasteiger partial charge is 0.341 e. The standard InChI is InChI=1S/C25H32N2O2/c1-2-3-5-10-20-13-15-22(16-14-20)24(28)26-23(19-21-11-6-4-7-12-21)25(29)27-17-8-9-18-27/h4,6-7,11-16,23H,2-3,5,8-10,17-19H2,1H3,(H,26,28).